The van der Waals surface area contributed by atoms with Crippen molar-refractivity contribution >= 4 is 5.78 Å². The quantitative estimate of drug-likeness (QED) is 0.249. The van der Waals surface area contributed by atoms with Gasteiger partial charge in [-0.2, -0.15) is 0 Å². The third kappa shape index (κ3) is 19.3. The Morgan fingerprint density at radius 1 is 0.826 bits per heavy atom. The van der Waals surface area contributed by atoms with Crippen molar-refractivity contribution < 1.29 is 9.90 Å². The van der Waals surface area contributed by atoms with Gasteiger partial charge in [-0.15, -0.1) is 0 Å². The van der Waals surface area contributed by atoms with E-state index in [2.05, 4.69) is 19.1 Å². The van der Waals surface area contributed by atoms with Crippen molar-refractivity contribution in [3.63, 3.8) is 0 Å². The summed E-state index contributed by atoms with van der Waals surface area (Å²) in [6.45, 7) is 3.94. The van der Waals surface area contributed by atoms with Gasteiger partial charge in [0.15, 0.2) is 0 Å². The van der Waals surface area contributed by atoms with E-state index in [-0.39, 0.29) is 5.78 Å². The molecule has 0 fully saturated rings. The van der Waals surface area contributed by atoms with E-state index in [0.29, 0.717) is 12.8 Å². The number of rotatable bonds is 17. The minimum atomic E-state index is -0.481. The number of hydrogen-bond donors (Lipinski definition) is 1. The van der Waals surface area contributed by atoms with Gasteiger partial charge in [-0.3, -0.25) is 4.79 Å². The van der Waals surface area contributed by atoms with Crippen LogP contribution in [0.25, 0.3) is 0 Å². The van der Waals surface area contributed by atoms with Crippen LogP contribution in [0.5, 0.6) is 0 Å². The summed E-state index contributed by atoms with van der Waals surface area (Å²) in [6, 6.07) is 0. The van der Waals surface area contributed by atoms with Gasteiger partial charge in [0.25, 0.3) is 0 Å². The Hall–Kier alpha value is -0.630. The van der Waals surface area contributed by atoms with Crippen LogP contribution in [0.15, 0.2) is 12.2 Å². The maximum atomic E-state index is 11.4. The van der Waals surface area contributed by atoms with Gasteiger partial charge in [0, 0.05) is 12.8 Å². The molecule has 0 aliphatic carbocycles. The van der Waals surface area contributed by atoms with Crippen LogP contribution in [0.1, 0.15) is 110 Å². The third-order valence-electron chi connectivity index (χ3n) is 4.24. The summed E-state index contributed by atoms with van der Waals surface area (Å²) in [7, 11) is 0. The van der Waals surface area contributed by atoms with Gasteiger partial charge in [0.2, 0.25) is 0 Å². The molecule has 0 aromatic carbocycles. The van der Waals surface area contributed by atoms with Crippen LogP contribution in [-0.2, 0) is 4.79 Å². The minimum Gasteiger partial charge on any atom is -0.393 e. The number of allylic oxidation sites excluding steroid dienone is 2. The van der Waals surface area contributed by atoms with Gasteiger partial charge in [-0.1, -0.05) is 70.4 Å². The molecule has 0 aliphatic rings. The van der Waals surface area contributed by atoms with Crippen molar-refractivity contribution in [1.82, 2.24) is 0 Å². The largest absolute Gasteiger partial charge is 0.393 e. The molecule has 0 saturated carbocycles. The molecule has 0 rings (SSSR count). The highest BCUT2D eigenvalue weighted by molar-refractivity contribution is 5.78. The third-order valence-corrected chi connectivity index (χ3v) is 4.24. The molecule has 23 heavy (non-hydrogen) atoms. The number of aliphatic hydroxyl groups is 1. The molecule has 0 aromatic rings. The molecule has 2 nitrogen and oxygen atoms in total. The second kappa shape index (κ2) is 17.7. The highest BCUT2D eigenvalue weighted by atomic mass is 16.3. The van der Waals surface area contributed by atoms with Gasteiger partial charge < -0.3 is 5.11 Å². The van der Waals surface area contributed by atoms with Gasteiger partial charge in [-0.05, 0) is 39.0 Å². The number of unbranched alkanes of at least 4 members (excludes halogenated alkanes) is 11. The molecule has 136 valence electrons. The van der Waals surface area contributed by atoms with Crippen molar-refractivity contribution in [2.75, 3.05) is 0 Å². The fraction of sp³-hybridized carbons (Fsp3) is 0.857. The van der Waals surface area contributed by atoms with E-state index in [0.717, 1.165) is 12.8 Å². The van der Waals surface area contributed by atoms with Crippen LogP contribution >= 0.6 is 0 Å². The lowest BCUT2D eigenvalue weighted by atomic mass is 10.0. The standard InChI is InChI=1S/C21H40O2/c1-3-4-5-6-7-8-9-10-11-12-13-14-15-16-17-18-21(23)19-20(2)22/h10-11,20,22H,3-9,12-19H2,1-2H3. The van der Waals surface area contributed by atoms with Crippen LogP contribution in [0.2, 0.25) is 0 Å². The summed E-state index contributed by atoms with van der Waals surface area (Å²) in [5, 5.41) is 9.12. The molecule has 0 aromatic heterocycles. The highest BCUT2D eigenvalue weighted by Crippen LogP contribution is 2.10. The van der Waals surface area contributed by atoms with E-state index in [1.807, 2.05) is 0 Å². The lowest BCUT2D eigenvalue weighted by molar-refractivity contribution is -0.120. The first-order valence-corrected chi connectivity index (χ1v) is 10.0. The van der Waals surface area contributed by atoms with Crippen LogP contribution in [0, 0.1) is 0 Å². The fourth-order valence-corrected chi connectivity index (χ4v) is 2.82. The molecule has 1 N–H and O–H groups in total. The first-order valence-electron chi connectivity index (χ1n) is 10.0. The zero-order chi connectivity index (χ0) is 17.2. The highest BCUT2D eigenvalue weighted by Gasteiger charge is 2.05. The number of aliphatic hydroxyl groups excluding tert-OH is 1. The number of carbonyl (C=O) groups excluding carboxylic acids is 1. The smallest absolute Gasteiger partial charge is 0.135 e. The molecule has 1 atom stereocenters. The van der Waals surface area contributed by atoms with Gasteiger partial charge >= 0.3 is 0 Å². The Labute approximate surface area is 144 Å². The Bertz CT molecular complexity index is 282. The summed E-state index contributed by atoms with van der Waals surface area (Å²) in [6.07, 6.45) is 21.8. The number of hydrogen-bond acceptors (Lipinski definition) is 2. The van der Waals surface area contributed by atoms with Crippen molar-refractivity contribution in [3.05, 3.63) is 12.2 Å². The van der Waals surface area contributed by atoms with E-state index in [4.69, 9.17) is 5.11 Å². The Morgan fingerprint density at radius 3 is 1.83 bits per heavy atom. The van der Waals surface area contributed by atoms with Crippen molar-refractivity contribution in [1.29, 1.82) is 0 Å². The van der Waals surface area contributed by atoms with E-state index in [1.165, 1.54) is 70.6 Å². The molecule has 0 radical (unpaired) electrons. The van der Waals surface area contributed by atoms with Crippen LogP contribution < -0.4 is 0 Å². The second-order valence-corrected chi connectivity index (χ2v) is 6.93. The molecule has 2 heteroatoms. The van der Waals surface area contributed by atoms with Crippen LogP contribution in [-0.4, -0.2) is 17.0 Å². The van der Waals surface area contributed by atoms with E-state index >= 15 is 0 Å². The maximum absolute atomic E-state index is 11.4. The average Bonchev–Trinajstić information content (AvgIpc) is 2.50. The summed E-state index contributed by atoms with van der Waals surface area (Å²) in [5.41, 5.74) is 0. The molecule has 0 bridgehead atoms. The molecule has 0 aliphatic heterocycles. The first-order chi connectivity index (χ1) is 11.2. The fourth-order valence-electron chi connectivity index (χ4n) is 2.82. The number of ketones is 1. The number of Topliss-reactive ketones (excluding diaryl/α,β-unsaturated/α-hetero) is 1. The Balaban J connectivity index is 3.18. The normalized spacial score (nSPS) is 12.8. The Morgan fingerprint density at radius 2 is 1.30 bits per heavy atom. The predicted molar refractivity (Wildman–Crippen MR) is 101 cm³/mol. The molecular formula is C21H40O2. The lowest BCUT2D eigenvalue weighted by Gasteiger charge is -2.03. The second-order valence-electron chi connectivity index (χ2n) is 6.93. The zero-order valence-electron chi connectivity index (χ0n) is 15.7. The zero-order valence-corrected chi connectivity index (χ0v) is 15.7. The first kappa shape index (κ1) is 22.4. The summed E-state index contributed by atoms with van der Waals surface area (Å²) < 4.78 is 0. The molecule has 0 saturated heterocycles. The molecule has 0 amide bonds. The topological polar surface area (TPSA) is 37.3 Å². The molecular weight excluding hydrogens is 284 g/mol. The number of carbonyl (C=O) groups is 1. The summed E-state index contributed by atoms with van der Waals surface area (Å²) >= 11 is 0. The summed E-state index contributed by atoms with van der Waals surface area (Å²) in [4.78, 5) is 11.4. The van der Waals surface area contributed by atoms with Crippen molar-refractivity contribution in [3.8, 4) is 0 Å². The van der Waals surface area contributed by atoms with E-state index < -0.39 is 6.10 Å². The van der Waals surface area contributed by atoms with Gasteiger partial charge in [-0.25, -0.2) is 0 Å². The Kier molecular flexibility index (Phi) is 17.2. The monoisotopic (exact) mass is 324 g/mol. The predicted octanol–water partition coefficient (Wildman–Crippen LogP) is 6.36. The van der Waals surface area contributed by atoms with Gasteiger partial charge in [0.05, 0.1) is 6.10 Å². The lowest BCUT2D eigenvalue weighted by Crippen LogP contribution is -2.08. The minimum absolute atomic E-state index is 0.206. The van der Waals surface area contributed by atoms with Crippen molar-refractivity contribution in [2.24, 2.45) is 0 Å². The van der Waals surface area contributed by atoms with E-state index in [9.17, 15) is 4.79 Å². The average molecular weight is 325 g/mol. The summed E-state index contributed by atoms with van der Waals surface area (Å²) in [5.74, 6) is 0.206. The van der Waals surface area contributed by atoms with Gasteiger partial charge in [0.1, 0.15) is 5.78 Å². The van der Waals surface area contributed by atoms with Crippen LogP contribution in [0.4, 0.5) is 0 Å². The van der Waals surface area contributed by atoms with Crippen molar-refractivity contribution in [2.45, 2.75) is 116 Å². The molecule has 0 spiro atoms. The van der Waals surface area contributed by atoms with E-state index in [1.54, 1.807) is 6.92 Å². The molecule has 0 heterocycles. The SMILES string of the molecule is CCCCCCCCC=CCCCCCCCC(=O)CC(C)O. The van der Waals surface area contributed by atoms with Crippen LogP contribution in [0.3, 0.4) is 0 Å². The molecule has 1 unspecified atom stereocenters. The maximum Gasteiger partial charge on any atom is 0.135 e.